The molecule has 2 aromatic rings. The van der Waals surface area contributed by atoms with E-state index >= 15 is 0 Å². The molecule has 0 radical (unpaired) electrons. The van der Waals surface area contributed by atoms with Crippen LogP contribution in [0.4, 0.5) is 4.79 Å². The molecule has 0 saturated carbocycles. The van der Waals surface area contributed by atoms with Crippen LogP contribution in [-0.2, 0) is 0 Å². The van der Waals surface area contributed by atoms with Crippen LogP contribution in [-0.4, -0.2) is 42.2 Å². The average molecular weight is 287 g/mol. The normalized spacial score (nSPS) is 10.4. The van der Waals surface area contributed by atoms with Crippen molar-refractivity contribution in [3.8, 4) is 5.75 Å². The quantitative estimate of drug-likeness (QED) is 0.831. The standard InChI is InChI=1S/C16H21N3O2/c1-3-19(4-2)16(20)18-11-12-21-14-9-5-7-13-8-6-10-17-15(13)14/h5-10H,3-4,11-12H2,1-2H3,(H,18,20). The highest BCUT2D eigenvalue weighted by molar-refractivity contribution is 5.84. The number of carbonyl (C=O) groups excluding carboxylic acids is 1. The van der Waals surface area contributed by atoms with Crippen molar-refractivity contribution in [3.63, 3.8) is 0 Å². The fourth-order valence-corrected chi connectivity index (χ4v) is 2.13. The number of fused-ring (bicyclic) bond motifs is 1. The molecular weight excluding hydrogens is 266 g/mol. The Morgan fingerprint density at radius 2 is 2.00 bits per heavy atom. The number of hydrogen-bond donors (Lipinski definition) is 1. The predicted octanol–water partition coefficient (Wildman–Crippen LogP) is 2.67. The van der Waals surface area contributed by atoms with E-state index in [2.05, 4.69) is 10.3 Å². The fourth-order valence-electron chi connectivity index (χ4n) is 2.13. The average Bonchev–Trinajstić information content (AvgIpc) is 2.53. The summed E-state index contributed by atoms with van der Waals surface area (Å²) in [6.45, 7) is 6.22. The zero-order valence-corrected chi connectivity index (χ0v) is 12.5. The van der Waals surface area contributed by atoms with Gasteiger partial charge in [0.05, 0.1) is 6.54 Å². The van der Waals surface area contributed by atoms with Crippen LogP contribution in [0.2, 0.25) is 0 Å². The molecule has 0 atom stereocenters. The Balaban J connectivity index is 1.87. The number of hydrogen-bond acceptors (Lipinski definition) is 3. The monoisotopic (exact) mass is 287 g/mol. The van der Waals surface area contributed by atoms with Crippen molar-refractivity contribution in [2.45, 2.75) is 13.8 Å². The van der Waals surface area contributed by atoms with E-state index in [1.165, 1.54) is 0 Å². The number of benzene rings is 1. The highest BCUT2D eigenvalue weighted by Gasteiger charge is 2.08. The molecule has 1 N–H and O–H groups in total. The number of amides is 2. The zero-order valence-electron chi connectivity index (χ0n) is 12.5. The second-order valence-corrected chi connectivity index (χ2v) is 4.58. The molecule has 0 saturated heterocycles. The molecule has 1 aromatic heterocycles. The summed E-state index contributed by atoms with van der Waals surface area (Å²) in [5, 5.41) is 3.89. The first-order valence-corrected chi connectivity index (χ1v) is 7.25. The summed E-state index contributed by atoms with van der Waals surface area (Å²) >= 11 is 0. The van der Waals surface area contributed by atoms with Gasteiger partial charge in [0.1, 0.15) is 17.9 Å². The lowest BCUT2D eigenvalue weighted by atomic mass is 10.2. The fraction of sp³-hybridized carbons (Fsp3) is 0.375. The van der Waals surface area contributed by atoms with Crippen molar-refractivity contribution < 1.29 is 9.53 Å². The second kappa shape index (κ2) is 7.47. The number of nitrogens with zero attached hydrogens (tertiary/aromatic N) is 2. The van der Waals surface area contributed by atoms with Crippen molar-refractivity contribution in [1.82, 2.24) is 15.2 Å². The maximum absolute atomic E-state index is 11.8. The summed E-state index contributed by atoms with van der Waals surface area (Å²) in [5.41, 5.74) is 0.843. The lowest BCUT2D eigenvalue weighted by Crippen LogP contribution is -2.41. The van der Waals surface area contributed by atoms with Crippen LogP contribution in [0.3, 0.4) is 0 Å². The molecule has 0 fully saturated rings. The van der Waals surface area contributed by atoms with E-state index in [0.717, 1.165) is 16.7 Å². The van der Waals surface area contributed by atoms with Crippen molar-refractivity contribution in [2.24, 2.45) is 0 Å². The van der Waals surface area contributed by atoms with E-state index in [0.29, 0.717) is 26.2 Å². The summed E-state index contributed by atoms with van der Waals surface area (Å²) < 4.78 is 5.72. The molecule has 1 aromatic carbocycles. The van der Waals surface area contributed by atoms with E-state index in [-0.39, 0.29) is 6.03 Å². The van der Waals surface area contributed by atoms with E-state index < -0.39 is 0 Å². The summed E-state index contributed by atoms with van der Waals surface area (Å²) in [5.74, 6) is 0.741. The summed E-state index contributed by atoms with van der Waals surface area (Å²) in [6.07, 6.45) is 1.75. The van der Waals surface area contributed by atoms with Gasteiger partial charge in [0.25, 0.3) is 0 Å². The molecule has 5 heteroatoms. The summed E-state index contributed by atoms with van der Waals surface area (Å²) in [7, 11) is 0. The molecule has 0 aliphatic rings. The van der Waals surface area contributed by atoms with E-state index in [1.807, 2.05) is 44.2 Å². The van der Waals surface area contributed by atoms with Crippen LogP contribution in [0.5, 0.6) is 5.75 Å². The minimum Gasteiger partial charge on any atom is -0.489 e. The Bertz CT molecular complexity index is 592. The first-order valence-electron chi connectivity index (χ1n) is 7.25. The lowest BCUT2D eigenvalue weighted by molar-refractivity contribution is 0.200. The summed E-state index contributed by atoms with van der Waals surface area (Å²) in [6, 6.07) is 9.67. The first-order chi connectivity index (χ1) is 10.3. The molecule has 2 rings (SSSR count). The van der Waals surface area contributed by atoms with Crippen molar-refractivity contribution in [3.05, 3.63) is 36.5 Å². The number of aromatic nitrogens is 1. The van der Waals surface area contributed by atoms with Gasteiger partial charge < -0.3 is 15.0 Å². The van der Waals surface area contributed by atoms with Gasteiger partial charge in [-0.2, -0.15) is 0 Å². The molecule has 2 amide bonds. The van der Waals surface area contributed by atoms with Gasteiger partial charge in [-0.05, 0) is 26.0 Å². The zero-order chi connectivity index (χ0) is 15.1. The first kappa shape index (κ1) is 15.1. The topological polar surface area (TPSA) is 54.5 Å². The Morgan fingerprint density at radius 1 is 1.24 bits per heavy atom. The number of para-hydroxylation sites is 1. The Kier molecular flexibility index (Phi) is 5.37. The van der Waals surface area contributed by atoms with Gasteiger partial charge in [-0.1, -0.05) is 18.2 Å². The van der Waals surface area contributed by atoms with Gasteiger partial charge in [-0.25, -0.2) is 4.79 Å². The van der Waals surface area contributed by atoms with Crippen molar-refractivity contribution in [2.75, 3.05) is 26.2 Å². The molecule has 0 spiro atoms. The third kappa shape index (κ3) is 3.84. The van der Waals surface area contributed by atoms with Gasteiger partial charge >= 0.3 is 6.03 Å². The van der Waals surface area contributed by atoms with Crippen LogP contribution in [0.1, 0.15) is 13.8 Å². The Morgan fingerprint density at radius 3 is 2.76 bits per heavy atom. The predicted molar refractivity (Wildman–Crippen MR) is 83.6 cm³/mol. The number of urea groups is 1. The highest BCUT2D eigenvalue weighted by atomic mass is 16.5. The minimum absolute atomic E-state index is 0.0559. The third-order valence-corrected chi connectivity index (χ3v) is 3.28. The maximum Gasteiger partial charge on any atom is 0.317 e. The molecular formula is C16H21N3O2. The van der Waals surface area contributed by atoms with Crippen LogP contribution in [0, 0.1) is 0 Å². The molecule has 112 valence electrons. The smallest absolute Gasteiger partial charge is 0.317 e. The molecule has 0 aliphatic carbocycles. The Labute approximate surface area is 124 Å². The molecule has 1 heterocycles. The van der Waals surface area contributed by atoms with Crippen LogP contribution in [0.25, 0.3) is 10.9 Å². The Hall–Kier alpha value is -2.30. The largest absolute Gasteiger partial charge is 0.489 e. The van der Waals surface area contributed by atoms with Crippen molar-refractivity contribution in [1.29, 1.82) is 0 Å². The van der Waals surface area contributed by atoms with Gasteiger partial charge in [-0.3, -0.25) is 4.98 Å². The molecule has 21 heavy (non-hydrogen) atoms. The van der Waals surface area contributed by atoms with Gasteiger partial charge in [0.2, 0.25) is 0 Å². The second-order valence-electron chi connectivity index (χ2n) is 4.58. The van der Waals surface area contributed by atoms with Crippen LogP contribution < -0.4 is 10.1 Å². The van der Waals surface area contributed by atoms with E-state index in [1.54, 1.807) is 11.1 Å². The van der Waals surface area contributed by atoms with Crippen LogP contribution >= 0.6 is 0 Å². The van der Waals surface area contributed by atoms with E-state index in [9.17, 15) is 4.79 Å². The number of nitrogens with one attached hydrogen (secondary N) is 1. The number of pyridine rings is 1. The van der Waals surface area contributed by atoms with Gasteiger partial charge in [0, 0.05) is 24.7 Å². The van der Waals surface area contributed by atoms with Crippen molar-refractivity contribution >= 4 is 16.9 Å². The highest BCUT2D eigenvalue weighted by Crippen LogP contribution is 2.22. The molecule has 0 unspecified atom stereocenters. The molecule has 0 bridgehead atoms. The number of rotatable bonds is 6. The number of ether oxygens (including phenoxy) is 1. The number of carbonyl (C=O) groups is 1. The third-order valence-electron chi connectivity index (χ3n) is 3.28. The molecule has 0 aliphatic heterocycles. The minimum atomic E-state index is -0.0559. The van der Waals surface area contributed by atoms with Gasteiger partial charge in [-0.15, -0.1) is 0 Å². The van der Waals surface area contributed by atoms with E-state index in [4.69, 9.17) is 4.74 Å². The van der Waals surface area contributed by atoms with Crippen LogP contribution in [0.15, 0.2) is 36.5 Å². The molecule has 5 nitrogen and oxygen atoms in total. The lowest BCUT2D eigenvalue weighted by Gasteiger charge is -2.19. The van der Waals surface area contributed by atoms with Gasteiger partial charge in [0.15, 0.2) is 0 Å². The maximum atomic E-state index is 11.8. The SMILES string of the molecule is CCN(CC)C(=O)NCCOc1cccc2cccnc12. The summed E-state index contributed by atoms with van der Waals surface area (Å²) in [4.78, 5) is 17.8.